The first-order chi connectivity index (χ1) is 15.1. The summed E-state index contributed by atoms with van der Waals surface area (Å²) in [5, 5.41) is 6.92. The largest absolute Gasteiger partial charge is 0.326 e. The minimum Gasteiger partial charge on any atom is -0.326 e. The minimum atomic E-state index is -0.202. The first kappa shape index (κ1) is 19.2. The fourth-order valence-corrected chi connectivity index (χ4v) is 4.85. The molecule has 6 heteroatoms. The molecule has 1 aliphatic heterocycles. The van der Waals surface area contributed by atoms with Crippen LogP contribution in [0.5, 0.6) is 0 Å². The summed E-state index contributed by atoms with van der Waals surface area (Å²) in [6, 6.07) is 21.3. The Labute approximate surface area is 183 Å². The highest BCUT2D eigenvalue weighted by molar-refractivity contribution is 7.22. The Bertz CT molecular complexity index is 1320. The van der Waals surface area contributed by atoms with Crippen LogP contribution in [0, 0.1) is 0 Å². The summed E-state index contributed by atoms with van der Waals surface area (Å²) in [6.45, 7) is 2.10. The molecule has 0 bridgehead atoms. The van der Waals surface area contributed by atoms with E-state index < -0.39 is 0 Å². The van der Waals surface area contributed by atoms with Crippen LogP contribution in [-0.4, -0.2) is 18.0 Å². The quantitative estimate of drug-likeness (QED) is 0.440. The molecule has 0 saturated heterocycles. The topological polar surface area (TPSA) is 70.6 Å². The molecule has 0 saturated carbocycles. The number of anilines is 2. The maximum Gasteiger partial charge on any atom is 0.255 e. The van der Waals surface area contributed by atoms with Gasteiger partial charge in [0.25, 0.3) is 5.91 Å². The van der Waals surface area contributed by atoms with E-state index in [4.69, 9.17) is 0 Å². The summed E-state index contributed by atoms with van der Waals surface area (Å²) < 4.78 is 1.24. The minimum absolute atomic E-state index is 0.147. The number of carbonyl (C=O) groups excluding carboxylic acids is 2. The standard InChI is InChI=1S/C25H19N3O2S/c1-15(29)27-19-8-6-16(7-9-19)25(30)28-20-10-18-13-26-14-22(18)21(12-20)24-11-17-4-2-3-5-23(17)31-24/h2-13H,14H2,1H3,(H,27,29)(H,28,30). The molecule has 0 aliphatic carbocycles. The smallest absolute Gasteiger partial charge is 0.255 e. The fourth-order valence-electron chi connectivity index (χ4n) is 3.74. The molecule has 2 N–H and O–H groups in total. The Morgan fingerprint density at radius 1 is 0.935 bits per heavy atom. The Morgan fingerprint density at radius 2 is 1.74 bits per heavy atom. The molecule has 0 radical (unpaired) electrons. The van der Waals surface area contributed by atoms with Crippen molar-refractivity contribution < 1.29 is 9.59 Å². The lowest BCUT2D eigenvalue weighted by Gasteiger charge is -2.12. The summed E-state index contributed by atoms with van der Waals surface area (Å²) in [5.41, 5.74) is 5.23. The third-order valence-electron chi connectivity index (χ3n) is 5.18. The van der Waals surface area contributed by atoms with Crippen molar-refractivity contribution >= 4 is 50.8 Å². The lowest BCUT2D eigenvalue weighted by Crippen LogP contribution is -2.13. The molecular formula is C25H19N3O2S. The zero-order valence-electron chi connectivity index (χ0n) is 16.8. The van der Waals surface area contributed by atoms with Crippen molar-refractivity contribution in [2.45, 2.75) is 13.5 Å². The van der Waals surface area contributed by atoms with Crippen molar-refractivity contribution in [2.75, 3.05) is 10.6 Å². The molecule has 5 rings (SSSR count). The molecule has 2 heterocycles. The van der Waals surface area contributed by atoms with Gasteiger partial charge in [-0.05, 0) is 65.0 Å². The van der Waals surface area contributed by atoms with Crippen molar-refractivity contribution in [3.05, 3.63) is 83.4 Å². The molecule has 2 amide bonds. The van der Waals surface area contributed by atoms with E-state index in [0.29, 0.717) is 17.8 Å². The predicted molar refractivity (Wildman–Crippen MR) is 127 cm³/mol. The van der Waals surface area contributed by atoms with Gasteiger partial charge < -0.3 is 10.6 Å². The SMILES string of the molecule is CC(=O)Nc1ccc(C(=O)Nc2cc3c(c(-c4cc5ccccc5s4)c2)CN=C3)cc1. The molecule has 1 aromatic heterocycles. The molecule has 4 aromatic rings. The fraction of sp³-hybridized carbons (Fsp3) is 0.0800. The van der Waals surface area contributed by atoms with Gasteiger partial charge in [-0.3, -0.25) is 14.6 Å². The maximum absolute atomic E-state index is 12.8. The number of rotatable bonds is 4. The predicted octanol–water partition coefficient (Wildman–Crippen LogP) is 5.71. The van der Waals surface area contributed by atoms with Gasteiger partial charge in [0.05, 0.1) is 6.54 Å². The second-order valence-corrected chi connectivity index (χ2v) is 8.51. The summed E-state index contributed by atoms with van der Waals surface area (Å²) >= 11 is 1.74. The van der Waals surface area contributed by atoms with E-state index in [0.717, 1.165) is 16.8 Å². The van der Waals surface area contributed by atoms with Gasteiger partial charge in [-0.15, -0.1) is 11.3 Å². The summed E-state index contributed by atoms with van der Waals surface area (Å²) in [6.07, 6.45) is 1.87. The van der Waals surface area contributed by atoms with Crippen LogP contribution in [0.3, 0.4) is 0 Å². The van der Waals surface area contributed by atoms with Crippen LogP contribution >= 0.6 is 11.3 Å². The molecule has 3 aromatic carbocycles. The number of carbonyl (C=O) groups is 2. The van der Waals surface area contributed by atoms with Crippen LogP contribution in [0.25, 0.3) is 20.5 Å². The van der Waals surface area contributed by atoms with Crippen LogP contribution < -0.4 is 10.6 Å². The van der Waals surface area contributed by atoms with Gasteiger partial charge in [-0.2, -0.15) is 0 Å². The first-order valence-electron chi connectivity index (χ1n) is 9.91. The van der Waals surface area contributed by atoms with E-state index in [1.807, 2.05) is 30.5 Å². The lowest BCUT2D eigenvalue weighted by atomic mass is 10.00. The second-order valence-electron chi connectivity index (χ2n) is 7.42. The van der Waals surface area contributed by atoms with Gasteiger partial charge in [-0.25, -0.2) is 0 Å². The number of fused-ring (bicyclic) bond motifs is 2. The molecule has 0 unspecified atom stereocenters. The molecule has 1 aliphatic rings. The molecule has 5 nitrogen and oxygen atoms in total. The van der Waals surface area contributed by atoms with Crippen molar-refractivity contribution in [1.82, 2.24) is 0 Å². The van der Waals surface area contributed by atoms with Crippen LogP contribution in [0.1, 0.15) is 28.4 Å². The highest BCUT2D eigenvalue weighted by Gasteiger charge is 2.18. The van der Waals surface area contributed by atoms with Gasteiger partial charge in [-0.1, -0.05) is 18.2 Å². The Hall–Kier alpha value is -3.77. The van der Waals surface area contributed by atoms with E-state index in [9.17, 15) is 9.59 Å². The number of aliphatic imine (C=N–C) groups is 1. The van der Waals surface area contributed by atoms with Crippen molar-refractivity contribution in [1.29, 1.82) is 0 Å². The third kappa shape index (κ3) is 3.85. The normalized spacial score (nSPS) is 12.0. The number of thiophene rings is 1. The van der Waals surface area contributed by atoms with Crippen molar-refractivity contribution in [2.24, 2.45) is 4.99 Å². The second kappa shape index (κ2) is 7.81. The average molecular weight is 426 g/mol. The van der Waals surface area contributed by atoms with E-state index in [1.54, 1.807) is 35.6 Å². The zero-order valence-corrected chi connectivity index (χ0v) is 17.6. The number of hydrogen-bond acceptors (Lipinski definition) is 4. The number of amides is 2. The Morgan fingerprint density at radius 3 is 2.52 bits per heavy atom. The zero-order chi connectivity index (χ0) is 21.4. The van der Waals surface area contributed by atoms with Crippen LogP contribution in [0.15, 0.2) is 71.7 Å². The lowest BCUT2D eigenvalue weighted by molar-refractivity contribution is -0.114. The highest BCUT2D eigenvalue weighted by Crippen LogP contribution is 2.39. The summed E-state index contributed by atoms with van der Waals surface area (Å²) in [4.78, 5) is 29.6. The van der Waals surface area contributed by atoms with Gasteiger partial charge in [0, 0.05) is 45.2 Å². The molecular weight excluding hydrogens is 406 g/mol. The number of benzene rings is 3. The molecule has 0 fully saturated rings. The van der Waals surface area contributed by atoms with Crippen LogP contribution in [0.4, 0.5) is 11.4 Å². The van der Waals surface area contributed by atoms with E-state index in [-0.39, 0.29) is 11.8 Å². The number of hydrogen-bond donors (Lipinski definition) is 2. The van der Waals surface area contributed by atoms with Gasteiger partial charge in [0.1, 0.15) is 0 Å². The molecule has 0 atom stereocenters. The van der Waals surface area contributed by atoms with Crippen molar-refractivity contribution in [3.63, 3.8) is 0 Å². The summed E-state index contributed by atoms with van der Waals surface area (Å²) in [7, 11) is 0. The summed E-state index contributed by atoms with van der Waals surface area (Å²) in [5.74, 6) is -0.350. The Kier molecular flexibility index (Phi) is 4.84. The van der Waals surface area contributed by atoms with Crippen LogP contribution in [-0.2, 0) is 11.3 Å². The Balaban J connectivity index is 1.46. The molecule has 31 heavy (non-hydrogen) atoms. The molecule has 152 valence electrons. The van der Waals surface area contributed by atoms with Gasteiger partial charge in [0.15, 0.2) is 0 Å². The maximum atomic E-state index is 12.8. The molecule has 0 spiro atoms. The van der Waals surface area contributed by atoms with E-state index in [2.05, 4.69) is 33.8 Å². The number of nitrogens with one attached hydrogen (secondary N) is 2. The van der Waals surface area contributed by atoms with Gasteiger partial charge >= 0.3 is 0 Å². The van der Waals surface area contributed by atoms with E-state index in [1.165, 1.54) is 27.5 Å². The average Bonchev–Trinajstić information content (AvgIpc) is 3.40. The first-order valence-corrected chi connectivity index (χ1v) is 10.7. The van der Waals surface area contributed by atoms with Crippen molar-refractivity contribution in [3.8, 4) is 10.4 Å². The van der Waals surface area contributed by atoms with Gasteiger partial charge in [0.2, 0.25) is 5.91 Å². The monoisotopic (exact) mass is 425 g/mol. The van der Waals surface area contributed by atoms with Crippen LogP contribution in [0.2, 0.25) is 0 Å². The number of nitrogens with zero attached hydrogens (tertiary/aromatic N) is 1. The van der Waals surface area contributed by atoms with E-state index >= 15 is 0 Å². The highest BCUT2D eigenvalue weighted by atomic mass is 32.1. The third-order valence-corrected chi connectivity index (χ3v) is 6.33.